The fourth-order valence-corrected chi connectivity index (χ4v) is 10.1. The number of hydrogen-bond acceptors (Lipinski definition) is 8. The predicted molar refractivity (Wildman–Crippen MR) is 145 cm³/mol. The fraction of sp³-hybridized carbons (Fsp3) is 0.321. The van der Waals surface area contributed by atoms with Gasteiger partial charge in [-0.15, -0.1) is 0 Å². The zero-order valence-electron chi connectivity index (χ0n) is 21.5. The number of nitrogen functional groups attached to an aromatic ring is 1. The second-order valence-electron chi connectivity index (χ2n) is 10.6. The minimum absolute atomic E-state index is 0.0324. The first-order valence-corrected chi connectivity index (χ1v) is 14.4. The third kappa shape index (κ3) is 3.91. The lowest BCUT2D eigenvalue weighted by Crippen LogP contribution is -2.67. The molecule has 1 saturated heterocycles. The van der Waals surface area contributed by atoms with E-state index in [4.69, 9.17) is 14.9 Å². The van der Waals surface area contributed by atoms with Crippen molar-refractivity contribution in [1.29, 1.82) is 5.26 Å². The third-order valence-electron chi connectivity index (χ3n) is 7.37. The van der Waals surface area contributed by atoms with Gasteiger partial charge in [-0.25, -0.2) is 9.50 Å². The zero-order valence-corrected chi connectivity index (χ0v) is 22.5. The first-order chi connectivity index (χ1) is 18.2. The number of nitriles is 1. The van der Waals surface area contributed by atoms with Gasteiger partial charge in [-0.05, 0) is 27.5 Å². The van der Waals surface area contributed by atoms with Crippen LogP contribution in [-0.2, 0) is 14.8 Å². The average Bonchev–Trinajstić information content (AvgIpc) is 3.46. The number of anilines is 1. The van der Waals surface area contributed by atoms with Gasteiger partial charge in [0.05, 0.1) is 12.3 Å². The van der Waals surface area contributed by atoms with Crippen LogP contribution in [0.3, 0.4) is 0 Å². The standard InChI is InChI=1S/C28H31N5O4Si/c1-27(2,3)38(19-10-6-4-7-11-19,20-12-8-5-9-13-20)36-16-22-24(34)25(35)28(17-29,37-22)23-15-14-21-26(30)31-18-32-33(21)23/h4-15,18,22,24-25,34-35H,16H2,1-3H3,(H2,30,31,32)/t22-,24-,25-,28+/m1/s1. The van der Waals surface area contributed by atoms with E-state index in [9.17, 15) is 15.5 Å². The molecular weight excluding hydrogens is 498 g/mol. The van der Waals surface area contributed by atoms with Crippen LogP contribution in [0.2, 0.25) is 5.04 Å². The molecule has 4 aromatic rings. The molecular formula is C28H31N5O4Si. The minimum atomic E-state index is -2.94. The number of nitrogens with two attached hydrogens (primary N) is 1. The SMILES string of the molecule is CC(C)(C)[Si](OC[C@H]1O[C@@](C#N)(c2ccc3c(N)ncnn23)[C@H](O)[C@@H]1O)(c1ccccc1)c1ccccc1. The second kappa shape index (κ2) is 9.61. The van der Waals surface area contributed by atoms with Gasteiger partial charge >= 0.3 is 0 Å². The molecule has 1 fully saturated rings. The van der Waals surface area contributed by atoms with Gasteiger partial charge in [-0.1, -0.05) is 81.4 Å². The quantitative estimate of drug-likeness (QED) is 0.321. The first kappa shape index (κ1) is 26.0. The molecule has 9 nitrogen and oxygen atoms in total. The largest absolute Gasteiger partial charge is 0.405 e. The summed E-state index contributed by atoms with van der Waals surface area (Å²) >= 11 is 0. The van der Waals surface area contributed by atoms with E-state index >= 15 is 0 Å². The normalized spacial score (nSPS) is 23.9. The molecule has 0 saturated carbocycles. The summed E-state index contributed by atoms with van der Waals surface area (Å²) in [5, 5.41) is 38.6. The summed E-state index contributed by atoms with van der Waals surface area (Å²) in [5.74, 6) is 0.221. The van der Waals surface area contributed by atoms with Crippen LogP contribution >= 0.6 is 0 Å². The number of hydrogen-bond donors (Lipinski definition) is 3. The number of aliphatic hydroxyl groups is 2. The minimum Gasteiger partial charge on any atom is -0.405 e. The van der Waals surface area contributed by atoms with Gasteiger partial charge in [0.2, 0.25) is 5.60 Å². The summed E-state index contributed by atoms with van der Waals surface area (Å²) in [6.45, 7) is 6.42. The summed E-state index contributed by atoms with van der Waals surface area (Å²) in [6.07, 6.45) is -2.64. The number of rotatable bonds is 6. The maximum atomic E-state index is 11.2. The lowest BCUT2D eigenvalue weighted by atomic mass is 9.92. The highest BCUT2D eigenvalue weighted by Gasteiger charge is 2.59. The summed E-state index contributed by atoms with van der Waals surface area (Å²) in [6, 6.07) is 25.5. The number of nitrogens with zero attached hydrogens (tertiary/aromatic N) is 4. The fourth-order valence-electron chi connectivity index (χ4n) is 5.52. The monoisotopic (exact) mass is 529 g/mol. The van der Waals surface area contributed by atoms with E-state index in [1.54, 1.807) is 12.1 Å². The van der Waals surface area contributed by atoms with Gasteiger partial charge in [0.15, 0.2) is 5.82 Å². The van der Waals surface area contributed by atoms with Crippen LogP contribution in [0.25, 0.3) is 5.52 Å². The summed E-state index contributed by atoms with van der Waals surface area (Å²) < 4.78 is 14.5. The van der Waals surface area contributed by atoms with Gasteiger partial charge in [0.1, 0.15) is 36.2 Å². The van der Waals surface area contributed by atoms with E-state index in [2.05, 4.69) is 61.2 Å². The van der Waals surface area contributed by atoms with Gasteiger partial charge in [0.25, 0.3) is 8.32 Å². The summed E-state index contributed by atoms with van der Waals surface area (Å²) in [7, 11) is -2.94. The van der Waals surface area contributed by atoms with Crippen molar-refractivity contribution in [1.82, 2.24) is 14.6 Å². The summed E-state index contributed by atoms with van der Waals surface area (Å²) in [4.78, 5) is 3.98. The van der Waals surface area contributed by atoms with Gasteiger partial charge in [0, 0.05) is 0 Å². The van der Waals surface area contributed by atoms with Crippen LogP contribution in [0.5, 0.6) is 0 Å². The molecule has 4 atom stereocenters. The lowest BCUT2D eigenvalue weighted by molar-refractivity contribution is -0.0622. The molecule has 4 N–H and O–H groups in total. The molecule has 0 spiro atoms. The van der Waals surface area contributed by atoms with E-state index in [1.807, 2.05) is 36.4 Å². The lowest BCUT2D eigenvalue weighted by Gasteiger charge is -2.43. The van der Waals surface area contributed by atoms with Crippen LogP contribution < -0.4 is 16.1 Å². The second-order valence-corrected chi connectivity index (χ2v) is 14.9. The molecule has 0 bridgehead atoms. The van der Waals surface area contributed by atoms with Crippen LogP contribution in [-0.4, -0.2) is 58.0 Å². The molecule has 5 rings (SSSR count). The molecule has 38 heavy (non-hydrogen) atoms. The van der Waals surface area contributed by atoms with Crippen molar-refractivity contribution in [2.75, 3.05) is 12.3 Å². The highest BCUT2D eigenvalue weighted by Crippen LogP contribution is 2.42. The highest BCUT2D eigenvalue weighted by atomic mass is 28.4. The number of fused-ring (bicyclic) bond motifs is 1. The van der Waals surface area contributed by atoms with Crippen molar-refractivity contribution < 1.29 is 19.4 Å². The Labute approximate surface area is 222 Å². The number of benzene rings is 2. The first-order valence-electron chi connectivity index (χ1n) is 12.4. The Morgan fingerprint density at radius 2 is 1.66 bits per heavy atom. The molecule has 3 heterocycles. The van der Waals surface area contributed by atoms with E-state index in [0.29, 0.717) is 5.52 Å². The van der Waals surface area contributed by atoms with Crippen molar-refractivity contribution in [3.05, 3.63) is 84.8 Å². The number of aliphatic hydroxyl groups excluding tert-OH is 2. The average molecular weight is 530 g/mol. The molecule has 0 unspecified atom stereocenters. The number of aromatic nitrogens is 3. The van der Waals surface area contributed by atoms with Crippen LogP contribution in [0, 0.1) is 11.3 Å². The van der Waals surface area contributed by atoms with Crippen molar-refractivity contribution >= 4 is 30.0 Å². The Kier molecular flexibility index (Phi) is 6.59. The molecule has 0 radical (unpaired) electrons. The van der Waals surface area contributed by atoms with Crippen molar-refractivity contribution in [3.63, 3.8) is 0 Å². The molecule has 1 aliphatic rings. The smallest absolute Gasteiger partial charge is 0.261 e. The topological polar surface area (TPSA) is 139 Å². The zero-order chi connectivity index (χ0) is 27.1. The van der Waals surface area contributed by atoms with Crippen molar-refractivity contribution in [3.8, 4) is 6.07 Å². The summed E-state index contributed by atoms with van der Waals surface area (Å²) in [5.41, 5.74) is 4.80. The molecule has 0 aliphatic carbocycles. The van der Waals surface area contributed by atoms with Crippen LogP contribution in [0.15, 0.2) is 79.1 Å². The molecule has 1 aliphatic heterocycles. The Hall–Kier alpha value is -3.59. The van der Waals surface area contributed by atoms with E-state index in [-0.39, 0.29) is 23.2 Å². The predicted octanol–water partition coefficient (Wildman–Crippen LogP) is 1.73. The van der Waals surface area contributed by atoms with E-state index in [1.165, 1.54) is 10.8 Å². The Balaban J connectivity index is 1.54. The van der Waals surface area contributed by atoms with Gasteiger partial charge < -0.3 is 25.1 Å². The molecule has 2 aromatic carbocycles. The molecule has 2 aromatic heterocycles. The van der Waals surface area contributed by atoms with E-state index in [0.717, 1.165) is 10.4 Å². The van der Waals surface area contributed by atoms with Crippen LogP contribution in [0.1, 0.15) is 26.5 Å². The number of ether oxygens (including phenoxy) is 1. The van der Waals surface area contributed by atoms with Crippen molar-refractivity contribution in [2.45, 2.75) is 49.7 Å². The highest BCUT2D eigenvalue weighted by molar-refractivity contribution is 6.99. The molecule has 196 valence electrons. The maximum Gasteiger partial charge on any atom is 0.261 e. The molecule has 0 amide bonds. The van der Waals surface area contributed by atoms with Crippen molar-refractivity contribution in [2.24, 2.45) is 0 Å². The molecule has 10 heteroatoms. The van der Waals surface area contributed by atoms with Gasteiger partial charge in [-0.2, -0.15) is 10.4 Å². The van der Waals surface area contributed by atoms with Crippen LogP contribution in [0.4, 0.5) is 5.82 Å². The Bertz CT molecular complexity index is 1430. The third-order valence-corrected chi connectivity index (χ3v) is 12.4. The Morgan fingerprint density at radius 1 is 1.05 bits per heavy atom. The Morgan fingerprint density at radius 3 is 2.21 bits per heavy atom. The van der Waals surface area contributed by atoms with E-state index < -0.39 is 32.2 Å². The maximum absolute atomic E-state index is 11.2. The van der Waals surface area contributed by atoms with Gasteiger partial charge in [-0.3, -0.25) is 0 Å².